The highest BCUT2D eigenvalue weighted by Crippen LogP contribution is 2.42. The topological polar surface area (TPSA) is 285 Å². The maximum absolute atomic E-state index is 12.1. The van der Waals surface area contributed by atoms with Gasteiger partial charge in [-0.3, -0.25) is 4.18 Å². The van der Waals surface area contributed by atoms with E-state index in [0.29, 0.717) is 297 Å². The Labute approximate surface area is 723 Å². The third-order valence-corrected chi connectivity index (χ3v) is 19.0. The van der Waals surface area contributed by atoms with Crippen LogP contribution in [0.4, 0.5) is 0 Å². The molecule has 7 aromatic rings. The molecule has 0 aliphatic carbocycles. The number of hydrogen-bond donors (Lipinski definition) is 1. The highest BCUT2D eigenvalue weighted by molar-refractivity contribution is 7.86. The van der Waals surface area contributed by atoms with E-state index < -0.39 is 21.3 Å². The second-order valence-corrected chi connectivity index (χ2v) is 28.2. The van der Waals surface area contributed by atoms with Gasteiger partial charge in [0, 0.05) is 0 Å². The first-order chi connectivity index (χ1) is 60.4. The Morgan fingerprint density at radius 1 is 0.197 bits per heavy atom. The average Bonchev–Trinajstić information content (AvgIpc) is 0.764. The Balaban J connectivity index is 0.000000383. The number of hydrogen-bond acceptors (Lipinski definition) is 28. The Hall–Kier alpha value is -6.55. The molecule has 0 aliphatic heterocycles. The normalized spacial score (nSPS) is 11.9. The minimum absolute atomic E-state index is 0.0223. The highest BCUT2D eigenvalue weighted by atomic mass is 32.2. The number of aryl methyl sites for hydroxylation is 1. The summed E-state index contributed by atoms with van der Waals surface area (Å²) in [6.07, 6.45) is 0. The Kier molecular flexibility index (Phi) is 62.0. The third-order valence-electron chi connectivity index (χ3n) is 17.6. The van der Waals surface area contributed by atoms with Gasteiger partial charge in [-0.05, 0) is 52.4 Å². The molecule has 7 rings (SSSR count). The van der Waals surface area contributed by atoms with E-state index >= 15 is 0 Å². The summed E-state index contributed by atoms with van der Waals surface area (Å²) < 4.78 is 164. The van der Waals surface area contributed by atoms with Crippen LogP contribution in [0.1, 0.15) is 38.9 Å². The molecule has 0 bridgehead atoms. The monoisotopic (exact) mass is 1730 g/mol. The first kappa shape index (κ1) is 104. The average molecular weight is 1730 g/mol. The van der Waals surface area contributed by atoms with Gasteiger partial charge in [0.2, 0.25) is 0 Å². The number of benzene rings is 7. The van der Waals surface area contributed by atoms with E-state index in [4.69, 9.17) is 123 Å². The zero-order valence-corrected chi connectivity index (χ0v) is 72.3. The lowest BCUT2D eigenvalue weighted by molar-refractivity contribution is -0.0399. The molecule has 28 nitrogen and oxygen atoms in total. The highest BCUT2D eigenvalue weighted by Gasteiger charge is 2.39. The molecule has 680 valence electrons. The Bertz CT molecular complexity index is 3360. The Morgan fingerprint density at radius 3 is 0.508 bits per heavy atom. The van der Waals surface area contributed by atoms with Crippen LogP contribution in [-0.4, -0.2) is 331 Å². The van der Waals surface area contributed by atoms with E-state index in [1.54, 1.807) is 12.1 Å². The van der Waals surface area contributed by atoms with Crippen molar-refractivity contribution < 1.29 is 131 Å². The number of ether oxygens (including phenoxy) is 24. The summed E-state index contributed by atoms with van der Waals surface area (Å²) in [7, 11) is -3.78. The molecule has 0 fully saturated rings. The van der Waals surface area contributed by atoms with E-state index in [-0.39, 0.29) is 24.7 Å². The van der Waals surface area contributed by atoms with Crippen molar-refractivity contribution in [2.45, 2.75) is 23.0 Å². The maximum atomic E-state index is 12.1. The summed E-state index contributed by atoms with van der Waals surface area (Å²) in [5.41, 5.74) is 5.83. The SMILES string of the molecule is Cc1ccc(S(=O)(=O)OCCOCCOCCOCCOCCOCCOCCOCCOCCOCCOCCOCCOC(c2ccccc2)(c2ccccc2)c2ccccc2)cc1.OCCOCCOCCOCCOCCOCCOCCOCCOCCOCCOCCOCCOC(c1ccccc1)(c1ccccc1)c1ccccc1. The summed E-state index contributed by atoms with van der Waals surface area (Å²) in [5, 5.41) is 8.60. The molecule has 29 heteroatoms. The number of aliphatic hydroxyl groups is 1. The van der Waals surface area contributed by atoms with Gasteiger partial charge in [-0.25, -0.2) is 0 Å². The van der Waals surface area contributed by atoms with E-state index in [1.165, 1.54) is 12.1 Å². The summed E-state index contributed by atoms with van der Waals surface area (Å²) in [6.45, 7) is 22.9. The summed E-state index contributed by atoms with van der Waals surface area (Å²) >= 11 is 0. The minimum Gasteiger partial charge on any atom is -0.394 e. The third kappa shape index (κ3) is 47.7. The molecular formula is C93H134O28S. The van der Waals surface area contributed by atoms with Crippen molar-refractivity contribution in [1.82, 2.24) is 0 Å². The first-order valence-corrected chi connectivity index (χ1v) is 43.7. The predicted molar refractivity (Wildman–Crippen MR) is 460 cm³/mol. The van der Waals surface area contributed by atoms with Crippen molar-refractivity contribution in [3.05, 3.63) is 245 Å². The lowest BCUT2D eigenvalue weighted by Crippen LogP contribution is -2.34. The van der Waals surface area contributed by atoms with Crippen molar-refractivity contribution in [3.8, 4) is 0 Å². The van der Waals surface area contributed by atoms with Crippen LogP contribution in [0, 0.1) is 6.92 Å². The molecule has 0 atom stereocenters. The lowest BCUT2D eigenvalue weighted by Gasteiger charge is -2.36. The molecule has 0 unspecified atom stereocenters. The molecular weight excluding hydrogens is 1600 g/mol. The zero-order chi connectivity index (χ0) is 85.8. The van der Waals surface area contributed by atoms with E-state index in [2.05, 4.69) is 72.8 Å². The van der Waals surface area contributed by atoms with Crippen molar-refractivity contribution in [1.29, 1.82) is 0 Å². The standard InChI is InChI=1S/C50H70O15S.C43H64O13/c1-45-17-19-49(20-18-45)66(51,52)65-44-42-63-40-38-61-36-34-59-32-30-57-28-26-55-24-22-53-21-23-54-25-27-56-29-31-58-33-35-60-37-39-62-41-43-64-50(46-11-5-2-6-12-46,47-13-7-3-8-14-47)48-15-9-4-10-16-48;44-16-17-45-18-19-46-20-21-47-22-23-48-24-25-49-26-27-50-28-29-51-30-31-52-32-33-53-34-35-54-36-37-55-38-39-56-43(40-10-4-1-5-11-40,41-12-6-2-7-13-41)42-14-8-3-9-15-42/h2-20H,21-44H2,1H3;1-15,44H,16-39H2. The molecule has 0 aromatic heterocycles. The van der Waals surface area contributed by atoms with Crippen molar-refractivity contribution in [2.75, 3.05) is 317 Å². The van der Waals surface area contributed by atoms with Crippen LogP contribution in [0.25, 0.3) is 0 Å². The molecule has 0 radical (unpaired) electrons. The molecule has 0 aliphatic rings. The van der Waals surface area contributed by atoms with Gasteiger partial charge in [-0.2, -0.15) is 8.42 Å². The molecule has 0 saturated carbocycles. The van der Waals surface area contributed by atoms with Crippen molar-refractivity contribution in [3.63, 3.8) is 0 Å². The number of rotatable bonds is 81. The van der Waals surface area contributed by atoms with Gasteiger partial charge in [0.1, 0.15) is 11.2 Å². The van der Waals surface area contributed by atoms with Crippen molar-refractivity contribution >= 4 is 10.1 Å². The van der Waals surface area contributed by atoms with Gasteiger partial charge in [0.15, 0.2) is 0 Å². The molecule has 0 saturated heterocycles. The molecule has 7 aromatic carbocycles. The second-order valence-electron chi connectivity index (χ2n) is 26.5. The number of aliphatic hydroxyl groups excluding tert-OH is 1. The van der Waals surface area contributed by atoms with Crippen LogP contribution in [0.2, 0.25) is 0 Å². The van der Waals surface area contributed by atoms with Crippen LogP contribution in [0.3, 0.4) is 0 Å². The van der Waals surface area contributed by atoms with Crippen LogP contribution >= 0.6 is 0 Å². The van der Waals surface area contributed by atoms with Crippen LogP contribution < -0.4 is 0 Å². The van der Waals surface area contributed by atoms with Gasteiger partial charge >= 0.3 is 0 Å². The van der Waals surface area contributed by atoms with Gasteiger partial charge in [-0.15, -0.1) is 0 Å². The van der Waals surface area contributed by atoms with E-state index in [0.717, 1.165) is 38.9 Å². The summed E-state index contributed by atoms with van der Waals surface area (Å²) in [4.78, 5) is 0.125. The van der Waals surface area contributed by atoms with Crippen LogP contribution in [0.5, 0.6) is 0 Å². The fourth-order valence-electron chi connectivity index (χ4n) is 11.7. The van der Waals surface area contributed by atoms with E-state index in [1.807, 2.05) is 116 Å². The van der Waals surface area contributed by atoms with Crippen LogP contribution in [0.15, 0.2) is 211 Å². The minimum atomic E-state index is -3.78. The van der Waals surface area contributed by atoms with Gasteiger partial charge < -0.3 is 119 Å². The summed E-state index contributed by atoms with van der Waals surface area (Å²) in [6, 6.07) is 68.4. The van der Waals surface area contributed by atoms with Crippen LogP contribution in [-0.2, 0) is 139 Å². The van der Waals surface area contributed by atoms with Gasteiger partial charge in [0.05, 0.1) is 322 Å². The molecule has 1 N–H and O–H groups in total. The molecule has 122 heavy (non-hydrogen) atoms. The Morgan fingerprint density at radius 2 is 0.344 bits per heavy atom. The zero-order valence-electron chi connectivity index (χ0n) is 71.4. The lowest BCUT2D eigenvalue weighted by atomic mass is 9.80. The van der Waals surface area contributed by atoms with E-state index in [9.17, 15) is 8.42 Å². The molecule has 0 heterocycles. The second kappa shape index (κ2) is 72.6. The summed E-state index contributed by atoms with van der Waals surface area (Å²) in [5.74, 6) is 0. The predicted octanol–water partition coefficient (Wildman–Crippen LogP) is 10.1. The van der Waals surface area contributed by atoms with Gasteiger partial charge in [-0.1, -0.05) is 200 Å². The first-order valence-electron chi connectivity index (χ1n) is 42.3. The quantitative estimate of drug-likeness (QED) is 0.0211. The maximum Gasteiger partial charge on any atom is 0.297 e. The fraction of sp³-hybridized carbons (Fsp3) is 0.548. The smallest absolute Gasteiger partial charge is 0.297 e. The molecule has 0 spiro atoms. The van der Waals surface area contributed by atoms with Gasteiger partial charge in [0.25, 0.3) is 10.1 Å². The molecule has 0 amide bonds. The largest absolute Gasteiger partial charge is 0.394 e. The van der Waals surface area contributed by atoms with Crippen molar-refractivity contribution in [2.24, 2.45) is 0 Å². The fourth-order valence-corrected chi connectivity index (χ4v) is 12.6.